The fourth-order valence-corrected chi connectivity index (χ4v) is 4.10. The predicted octanol–water partition coefficient (Wildman–Crippen LogP) is 3.94. The first-order chi connectivity index (χ1) is 13.1. The standard InChI is InChI=1S/C21H22ClN3O2/c22-16-7-5-6-15(12-16)18-17-8-1-4-11-25(17)19(24-18)20(27)23-13-21(14-26)9-2-3-10-21/h1,4-8,11-12,26H,2-3,9-10,13-14H2,(H,23,27). The van der Waals surface area contributed by atoms with Crippen LogP contribution in [0.25, 0.3) is 16.8 Å². The number of imidazole rings is 1. The van der Waals surface area contributed by atoms with E-state index < -0.39 is 0 Å². The van der Waals surface area contributed by atoms with E-state index in [0.717, 1.165) is 42.5 Å². The Morgan fingerprint density at radius 3 is 2.78 bits per heavy atom. The number of fused-ring (bicyclic) bond motifs is 1. The highest BCUT2D eigenvalue weighted by molar-refractivity contribution is 6.30. The van der Waals surface area contributed by atoms with Gasteiger partial charge in [-0.05, 0) is 37.1 Å². The zero-order chi connectivity index (χ0) is 18.9. The molecule has 4 rings (SSSR count). The van der Waals surface area contributed by atoms with Crippen LogP contribution < -0.4 is 5.32 Å². The summed E-state index contributed by atoms with van der Waals surface area (Å²) in [6, 6.07) is 13.2. The third kappa shape index (κ3) is 3.45. The lowest BCUT2D eigenvalue weighted by Crippen LogP contribution is -2.38. The molecular weight excluding hydrogens is 362 g/mol. The molecule has 0 unspecified atom stereocenters. The van der Waals surface area contributed by atoms with Crippen LogP contribution >= 0.6 is 11.6 Å². The number of rotatable bonds is 5. The van der Waals surface area contributed by atoms with Gasteiger partial charge in [-0.2, -0.15) is 0 Å². The van der Waals surface area contributed by atoms with E-state index >= 15 is 0 Å². The summed E-state index contributed by atoms with van der Waals surface area (Å²) in [5.74, 6) is 0.107. The van der Waals surface area contributed by atoms with Crippen molar-refractivity contribution < 1.29 is 9.90 Å². The zero-order valence-electron chi connectivity index (χ0n) is 15.0. The number of aromatic nitrogens is 2. The molecule has 27 heavy (non-hydrogen) atoms. The minimum Gasteiger partial charge on any atom is -0.396 e. The van der Waals surface area contributed by atoms with Crippen LogP contribution in [-0.2, 0) is 0 Å². The number of benzene rings is 1. The molecule has 1 aliphatic rings. The topological polar surface area (TPSA) is 66.6 Å². The van der Waals surface area contributed by atoms with E-state index in [1.807, 2.05) is 48.7 Å². The summed E-state index contributed by atoms with van der Waals surface area (Å²) in [7, 11) is 0. The maximum absolute atomic E-state index is 12.9. The van der Waals surface area contributed by atoms with Crippen LogP contribution in [0.3, 0.4) is 0 Å². The predicted molar refractivity (Wildman–Crippen MR) is 106 cm³/mol. The highest BCUT2D eigenvalue weighted by atomic mass is 35.5. The van der Waals surface area contributed by atoms with Gasteiger partial charge in [0.25, 0.3) is 5.91 Å². The molecule has 0 bridgehead atoms. The Balaban J connectivity index is 1.67. The van der Waals surface area contributed by atoms with Gasteiger partial charge in [0.1, 0.15) is 0 Å². The van der Waals surface area contributed by atoms with Gasteiger partial charge in [0.05, 0.1) is 17.8 Å². The van der Waals surface area contributed by atoms with Crippen LogP contribution in [0, 0.1) is 5.41 Å². The van der Waals surface area contributed by atoms with Crippen LogP contribution in [0.2, 0.25) is 5.02 Å². The van der Waals surface area contributed by atoms with Crippen molar-refractivity contribution in [1.82, 2.24) is 14.7 Å². The summed E-state index contributed by atoms with van der Waals surface area (Å²) in [6.07, 6.45) is 5.92. The molecule has 6 heteroatoms. The molecule has 2 heterocycles. The average Bonchev–Trinajstić information content (AvgIpc) is 3.32. The Hall–Kier alpha value is -2.37. The Kier molecular flexibility index (Phi) is 4.89. The second-order valence-corrected chi connectivity index (χ2v) is 7.73. The monoisotopic (exact) mass is 383 g/mol. The highest BCUT2D eigenvalue weighted by Gasteiger charge is 2.34. The minimum atomic E-state index is -0.232. The third-order valence-corrected chi connectivity index (χ3v) is 5.71. The van der Waals surface area contributed by atoms with Crippen molar-refractivity contribution in [2.75, 3.05) is 13.2 Å². The normalized spacial score (nSPS) is 15.9. The van der Waals surface area contributed by atoms with Crippen molar-refractivity contribution in [3.8, 4) is 11.3 Å². The summed E-state index contributed by atoms with van der Waals surface area (Å²) in [5, 5.41) is 13.4. The van der Waals surface area contributed by atoms with Crippen molar-refractivity contribution in [3.05, 3.63) is 59.5 Å². The number of carbonyl (C=O) groups is 1. The molecule has 140 valence electrons. The molecule has 0 spiro atoms. The Morgan fingerprint density at radius 1 is 1.22 bits per heavy atom. The molecule has 0 radical (unpaired) electrons. The lowest BCUT2D eigenvalue weighted by Gasteiger charge is -2.26. The number of amides is 1. The summed E-state index contributed by atoms with van der Waals surface area (Å²) in [5.41, 5.74) is 2.25. The first-order valence-corrected chi connectivity index (χ1v) is 9.62. The van der Waals surface area contributed by atoms with Crippen molar-refractivity contribution in [2.45, 2.75) is 25.7 Å². The van der Waals surface area contributed by atoms with E-state index in [1.165, 1.54) is 0 Å². The highest BCUT2D eigenvalue weighted by Crippen LogP contribution is 2.37. The molecule has 1 aliphatic carbocycles. The number of aliphatic hydroxyl groups is 1. The van der Waals surface area contributed by atoms with Gasteiger partial charge in [-0.15, -0.1) is 0 Å². The maximum Gasteiger partial charge on any atom is 0.287 e. The molecule has 1 fully saturated rings. The summed E-state index contributed by atoms with van der Waals surface area (Å²) in [6.45, 7) is 0.569. The van der Waals surface area contributed by atoms with Crippen molar-refractivity contribution in [3.63, 3.8) is 0 Å². The van der Waals surface area contributed by atoms with Gasteiger partial charge in [-0.3, -0.25) is 9.20 Å². The van der Waals surface area contributed by atoms with Gasteiger partial charge in [0.15, 0.2) is 0 Å². The van der Waals surface area contributed by atoms with Crippen LogP contribution in [0.1, 0.15) is 36.3 Å². The number of hydrogen-bond donors (Lipinski definition) is 2. The lowest BCUT2D eigenvalue weighted by molar-refractivity contribution is 0.0870. The van der Waals surface area contributed by atoms with Crippen LogP contribution in [0.15, 0.2) is 48.7 Å². The van der Waals surface area contributed by atoms with Gasteiger partial charge in [0.2, 0.25) is 5.82 Å². The van der Waals surface area contributed by atoms with Gasteiger partial charge >= 0.3 is 0 Å². The molecule has 1 amide bonds. The van der Waals surface area contributed by atoms with Crippen molar-refractivity contribution in [1.29, 1.82) is 0 Å². The number of aliphatic hydroxyl groups excluding tert-OH is 1. The molecule has 3 aromatic rings. The number of pyridine rings is 1. The fraction of sp³-hybridized carbons (Fsp3) is 0.333. The van der Waals surface area contributed by atoms with E-state index in [1.54, 1.807) is 4.40 Å². The van der Waals surface area contributed by atoms with Crippen LogP contribution in [0.5, 0.6) is 0 Å². The van der Waals surface area contributed by atoms with E-state index in [-0.39, 0.29) is 17.9 Å². The minimum absolute atomic E-state index is 0.101. The summed E-state index contributed by atoms with van der Waals surface area (Å²) >= 11 is 6.13. The zero-order valence-corrected chi connectivity index (χ0v) is 15.7. The molecule has 2 N–H and O–H groups in total. The smallest absolute Gasteiger partial charge is 0.287 e. The molecule has 1 saturated carbocycles. The fourth-order valence-electron chi connectivity index (χ4n) is 3.91. The van der Waals surface area contributed by atoms with Crippen LogP contribution in [0.4, 0.5) is 0 Å². The second kappa shape index (κ2) is 7.33. The molecule has 0 atom stereocenters. The first kappa shape index (κ1) is 18.0. The van der Waals surface area contributed by atoms with Gasteiger partial charge in [-0.1, -0.05) is 42.6 Å². The van der Waals surface area contributed by atoms with Gasteiger partial charge < -0.3 is 10.4 Å². The Labute approximate surface area is 163 Å². The van der Waals surface area contributed by atoms with E-state index in [0.29, 0.717) is 17.4 Å². The Bertz CT molecular complexity index is 976. The second-order valence-electron chi connectivity index (χ2n) is 7.30. The number of nitrogens with one attached hydrogen (secondary N) is 1. The number of carbonyl (C=O) groups excluding carboxylic acids is 1. The van der Waals surface area contributed by atoms with E-state index in [2.05, 4.69) is 10.3 Å². The average molecular weight is 384 g/mol. The van der Waals surface area contributed by atoms with E-state index in [9.17, 15) is 9.90 Å². The number of nitrogens with zero attached hydrogens (tertiary/aromatic N) is 2. The van der Waals surface area contributed by atoms with E-state index in [4.69, 9.17) is 11.6 Å². The van der Waals surface area contributed by atoms with Crippen LogP contribution in [-0.4, -0.2) is 33.6 Å². The molecule has 5 nitrogen and oxygen atoms in total. The third-order valence-electron chi connectivity index (χ3n) is 5.47. The molecule has 0 saturated heterocycles. The van der Waals surface area contributed by atoms with Crippen molar-refractivity contribution in [2.24, 2.45) is 5.41 Å². The molecule has 2 aromatic heterocycles. The number of halogens is 1. The quantitative estimate of drug-likeness (QED) is 0.701. The number of hydrogen-bond acceptors (Lipinski definition) is 3. The molecular formula is C21H22ClN3O2. The molecule has 0 aliphatic heterocycles. The summed E-state index contributed by atoms with van der Waals surface area (Å²) < 4.78 is 1.80. The maximum atomic E-state index is 12.9. The van der Waals surface area contributed by atoms with Gasteiger partial charge in [-0.25, -0.2) is 4.98 Å². The lowest BCUT2D eigenvalue weighted by atomic mass is 9.87. The largest absolute Gasteiger partial charge is 0.396 e. The SMILES string of the molecule is O=C(NCC1(CO)CCCC1)c1nc(-c2cccc(Cl)c2)c2ccccn12. The first-order valence-electron chi connectivity index (χ1n) is 9.24. The Morgan fingerprint density at radius 2 is 2.04 bits per heavy atom. The van der Waals surface area contributed by atoms with Crippen molar-refractivity contribution >= 4 is 23.0 Å². The van der Waals surface area contributed by atoms with Gasteiger partial charge in [0, 0.05) is 28.7 Å². The molecule has 1 aromatic carbocycles. The summed E-state index contributed by atoms with van der Waals surface area (Å²) in [4.78, 5) is 17.5.